The Hall–Kier alpha value is -3.47. The van der Waals surface area contributed by atoms with E-state index in [9.17, 15) is 4.39 Å². The molecule has 190 valence electrons. The number of hydrogen-bond donors (Lipinski definition) is 1. The molecule has 0 radical (unpaired) electrons. The van der Waals surface area contributed by atoms with Gasteiger partial charge in [0.2, 0.25) is 0 Å². The predicted molar refractivity (Wildman–Crippen MR) is 140 cm³/mol. The van der Waals surface area contributed by atoms with Crippen LogP contribution in [-0.4, -0.2) is 52.7 Å². The molecular weight excluding hydrogens is 493 g/mol. The van der Waals surface area contributed by atoms with Gasteiger partial charge in [-0.1, -0.05) is 10.7 Å². The molecule has 8 nitrogen and oxygen atoms in total. The average Bonchev–Trinajstić information content (AvgIpc) is 3.51. The van der Waals surface area contributed by atoms with E-state index in [-0.39, 0.29) is 34.8 Å². The number of aryl methyl sites for hydroxylation is 1. The van der Waals surface area contributed by atoms with Gasteiger partial charge in [0, 0.05) is 35.3 Å². The van der Waals surface area contributed by atoms with Gasteiger partial charge in [-0.2, -0.15) is 0 Å². The van der Waals surface area contributed by atoms with E-state index in [4.69, 9.17) is 18.6 Å². The van der Waals surface area contributed by atoms with Crippen LogP contribution in [-0.2, 0) is 20.2 Å². The van der Waals surface area contributed by atoms with Crippen LogP contribution in [0.15, 0.2) is 70.4 Å². The second-order valence-corrected chi connectivity index (χ2v) is 10.7. The van der Waals surface area contributed by atoms with Crippen LogP contribution in [0.3, 0.4) is 0 Å². The summed E-state index contributed by atoms with van der Waals surface area (Å²) >= 11 is 0. The maximum Gasteiger partial charge on any atom is 0.151 e. The molecule has 6 rings (SSSR count). The number of ether oxygens (including phenoxy) is 3. The molecule has 10 heteroatoms. The number of anilines is 2. The van der Waals surface area contributed by atoms with Gasteiger partial charge < -0.3 is 19.5 Å². The fourth-order valence-electron chi connectivity index (χ4n) is 4.77. The Kier molecular flexibility index (Phi) is 6.54. The van der Waals surface area contributed by atoms with Crippen molar-refractivity contribution in [1.29, 1.82) is 0 Å². The lowest BCUT2D eigenvalue weighted by atomic mass is 10.1. The average molecular weight is 520 g/mol. The highest BCUT2D eigenvalue weighted by atomic mass is 32.2. The molecule has 4 atom stereocenters. The first-order valence-corrected chi connectivity index (χ1v) is 13.6. The SMILES string of the molecule is Cc1cc(N=S(C)c2cccnc2)cc2ncnc(Nc3ccc(F)cc3OC3CO[C@@H]4CCOC34)c12. The highest BCUT2D eigenvalue weighted by Crippen LogP contribution is 2.36. The van der Waals surface area contributed by atoms with Crippen LogP contribution >= 0.6 is 0 Å². The van der Waals surface area contributed by atoms with Crippen molar-refractivity contribution in [2.24, 2.45) is 4.36 Å². The van der Waals surface area contributed by atoms with Crippen LogP contribution < -0.4 is 10.1 Å². The van der Waals surface area contributed by atoms with E-state index in [1.165, 1.54) is 18.5 Å². The molecular formula is C27H26FN5O3S. The van der Waals surface area contributed by atoms with E-state index >= 15 is 0 Å². The quantitative estimate of drug-likeness (QED) is 0.371. The van der Waals surface area contributed by atoms with E-state index in [0.29, 0.717) is 30.5 Å². The number of nitrogens with one attached hydrogen (secondary N) is 1. The largest absolute Gasteiger partial charge is 0.483 e. The van der Waals surface area contributed by atoms with Crippen LogP contribution in [0.2, 0.25) is 0 Å². The Morgan fingerprint density at radius 1 is 1.16 bits per heavy atom. The lowest BCUT2D eigenvalue weighted by molar-refractivity contribution is 0.0310. The Morgan fingerprint density at radius 3 is 2.95 bits per heavy atom. The highest BCUT2D eigenvalue weighted by Gasteiger charge is 2.43. The summed E-state index contributed by atoms with van der Waals surface area (Å²) in [5, 5.41) is 4.20. The molecule has 2 fully saturated rings. The summed E-state index contributed by atoms with van der Waals surface area (Å²) in [4.78, 5) is 14.3. The zero-order chi connectivity index (χ0) is 25.4. The summed E-state index contributed by atoms with van der Waals surface area (Å²) in [5.74, 6) is 0.597. The van der Waals surface area contributed by atoms with E-state index in [0.717, 1.165) is 33.5 Å². The first-order chi connectivity index (χ1) is 18.0. The van der Waals surface area contributed by atoms with Crippen LogP contribution in [0.4, 0.5) is 21.6 Å². The molecule has 2 aliphatic heterocycles. The van der Waals surface area contributed by atoms with E-state index < -0.39 is 0 Å². The summed E-state index contributed by atoms with van der Waals surface area (Å²) in [6.45, 7) is 3.06. The third kappa shape index (κ3) is 4.92. The number of hydrogen-bond acceptors (Lipinski definition) is 8. The maximum absolute atomic E-state index is 14.2. The molecule has 0 spiro atoms. The van der Waals surface area contributed by atoms with Crippen molar-refractivity contribution in [2.45, 2.75) is 36.6 Å². The van der Waals surface area contributed by atoms with Gasteiger partial charge in [-0.25, -0.2) is 18.7 Å². The van der Waals surface area contributed by atoms with E-state index in [2.05, 4.69) is 26.5 Å². The summed E-state index contributed by atoms with van der Waals surface area (Å²) in [6, 6.07) is 12.3. The van der Waals surface area contributed by atoms with Crippen molar-refractivity contribution in [1.82, 2.24) is 15.0 Å². The van der Waals surface area contributed by atoms with Crippen LogP contribution in [0.1, 0.15) is 12.0 Å². The fraction of sp³-hybridized carbons (Fsp3) is 0.296. The molecule has 2 aromatic heterocycles. The van der Waals surface area contributed by atoms with Gasteiger partial charge in [0.25, 0.3) is 0 Å². The number of aromatic nitrogens is 3. The number of fused-ring (bicyclic) bond motifs is 2. The van der Waals surface area contributed by atoms with Crippen molar-refractivity contribution in [3.8, 4) is 5.75 Å². The number of rotatable bonds is 6. The molecule has 0 bridgehead atoms. The lowest BCUT2D eigenvalue weighted by Gasteiger charge is -2.21. The molecule has 4 heterocycles. The van der Waals surface area contributed by atoms with Gasteiger partial charge in [-0.05, 0) is 61.6 Å². The second kappa shape index (κ2) is 10.1. The number of pyridine rings is 1. The first-order valence-electron chi connectivity index (χ1n) is 12.0. The molecule has 37 heavy (non-hydrogen) atoms. The van der Waals surface area contributed by atoms with Crippen molar-refractivity contribution in [3.05, 3.63) is 72.6 Å². The molecule has 4 aromatic rings. The first kappa shape index (κ1) is 23.9. The Balaban J connectivity index is 1.31. The van der Waals surface area contributed by atoms with Crippen molar-refractivity contribution < 1.29 is 18.6 Å². The second-order valence-electron chi connectivity index (χ2n) is 9.05. The van der Waals surface area contributed by atoms with Gasteiger partial charge in [0.15, 0.2) is 6.10 Å². The van der Waals surface area contributed by atoms with Crippen molar-refractivity contribution in [3.63, 3.8) is 0 Å². The normalized spacial score (nSPS) is 21.8. The smallest absolute Gasteiger partial charge is 0.151 e. The summed E-state index contributed by atoms with van der Waals surface area (Å²) < 4.78 is 36.9. The summed E-state index contributed by atoms with van der Waals surface area (Å²) in [5.41, 5.74) is 3.17. The Bertz CT molecular complexity index is 1490. The van der Waals surface area contributed by atoms with E-state index in [1.54, 1.807) is 12.3 Å². The van der Waals surface area contributed by atoms with Gasteiger partial charge in [0.05, 0.1) is 29.6 Å². The molecule has 1 N–H and O–H groups in total. The minimum Gasteiger partial charge on any atom is -0.483 e. The van der Waals surface area contributed by atoms with Crippen LogP contribution in [0.25, 0.3) is 10.9 Å². The number of nitrogens with zero attached hydrogens (tertiary/aromatic N) is 4. The monoisotopic (exact) mass is 519 g/mol. The molecule has 2 aliphatic rings. The van der Waals surface area contributed by atoms with Gasteiger partial charge in [-0.15, -0.1) is 0 Å². The van der Waals surface area contributed by atoms with Gasteiger partial charge in [0.1, 0.15) is 29.8 Å². The van der Waals surface area contributed by atoms with Gasteiger partial charge in [-0.3, -0.25) is 4.98 Å². The standard InChI is InChI=1S/C27H26FN5O3S/c1-16-10-18(33-37(2)19-4-3-8-29-13-19)12-21-25(16)27(31-15-30-21)32-20-6-5-17(28)11-23(20)36-24-14-35-22-7-9-34-26(22)24/h3-6,8,10-13,15,22,24,26H,7,9,14H2,1-2H3,(H,30,31,32)/t22-,24?,26?,37?/m1/s1. The Labute approximate surface area is 216 Å². The highest BCUT2D eigenvalue weighted by molar-refractivity contribution is 7.86. The molecule has 0 aliphatic carbocycles. The van der Waals surface area contributed by atoms with Crippen molar-refractivity contribution >= 4 is 38.8 Å². The fourth-order valence-corrected chi connectivity index (χ4v) is 5.79. The lowest BCUT2D eigenvalue weighted by Crippen LogP contribution is -2.32. The predicted octanol–water partition coefficient (Wildman–Crippen LogP) is 5.27. The van der Waals surface area contributed by atoms with E-state index in [1.807, 2.05) is 37.4 Å². The van der Waals surface area contributed by atoms with Gasteiger partial charge >= 0.3 is 0 Å². The molecule has 3 unspecified atom stereocenters. The zero-order valence-electron chi connectivity index (χ0n) is 20.4. The third-order valence-electron chi connectivity index (χ3n) is 6.53. The summed E-state index contributed by atoms with van der Waals surface area (Å²) in [6.07, 6.45) is 7.60. The maximum atomic E-state index is 14.2. The molecule has 2 aromatic carbocycles. The molecule has 2 saturated heterocycles. The minimum absolute atomic E-state index is 0.0320. The summed E-state index contributed by atoms with van der Waals surface area (Å²) in [7, 11) is -0.352. The topological polar surface area (TPSA) is 90.8 Å². The van der Waals surface area contributed by atoms with Crippen LogP contribution in [0, 0.1) is 12.7 Å². The zero-order valence-corrected chi connectivity index (χ0v) is 21.2. The number of benzene rings is 2. The minimum atomic E-state index is -0.387. The number of halogens is 1. The third-order valence-corrected chi connectivity index (χ3v) is 7.94. The molecule has 0 saturated carbocycles. The van der Waals surface area contributed by atoms with Crippen molar-refractivity contribution in [2.75, 3.05) is 24.8 Å². The molecule has 0 amide bonds. The Morgan fingerprint density at radius 2 is 2.08 bits per heavy atom. The van der Waals surface area contributed by atoms with Crippen LogP contribution in [0.5, 0.6) is 5.75 Å².